The van der Waals surface area contributed by atoms with Crippen LogP contribution >= 0.6 is 0 Å². The van der Waals surface area contributed by atoms with Crippen molar-refractivity contribution in [2.75, 3.05) is 6.54 Å². The minimum Gasteiger partial charge on any atom is -0.480 e. The number of nitrogens with zero attached hydrogens (tertiary/aromatic N) is 2. The van der Waals surface area contributed by atoms with Crippen molar-refractivity contribution in [1.29, 1.82) is 0 Å². The molecule has 3 aliphatic heterocycles. The molecule has 2 saturated heterocycles. The number of piperidine rings is 2. The van der Waals surface area contributed by atoms with E-state index in [2.05, 4.69) is 5.32 Å². The molecule has 29 heavy (non-hydrogen) atoms. The van der Waals surface area contributed by atoms with E-state index in [9.17, 15) is 29.1 Å². The smallest absolute Gasteiger partial charge is 0.326 e. The van der Waals surface area contributed by atoms with Gasteiger partial charge < -0.3 is 14.9 Å². The van der Waals surface area contributed by atoms with Gasteiger partial charge in [-0.1, -0.05) is 6.07 Å². The third-order valence-electron chi connectivity index (χ3n) is 5.82. The predicted molar refractivity (Wildman–Crippen MR) is 98.8 cm³/mol. The van der Waals surface area contributed by atoms with Crippen LogP contribution in [-0.2, 0) is 20.9 Å². The highest BCUT2D eigenvalue weighted by Gasteiger charge is 2.40. The van der Waals surface area contributed by atoms with Crippen LogP contribution in [0, 0.1) is 0 Å². The molecule has 2 atom stereocenters. The first-order valence-electron chi connectivity index (χ1n) is 9.68. The zero-order chi connectivity index (χ0) is 20.7. The van der Waals surface area contributed by atoms with Crippen LogP contribution < -0.4 is 5.32 Å². The minimum atomic E-state index is -1.03. The van der Waals surface area contributed by atoms with E-state index in [-0.39, 0.29) is 36.8 Å². The molecule has 3 aliphatic rings. The van der Waals surface area contributed by atoms with Crippen molar-refractivity contribution < 1.29 is 29.1 Å². The first-order chi connectivity index (χ1) is 13.9. The summed E-state index contributed by atoms with van der Waals surface area (Å²) < 4.78 is 0. The fourth-order valence-electron chi connectivity index (χ4n) is 4.28. The number of imide groups is 1. The summed E-state index contributed by atoms with van der Waals surface area (Å²) in [5.41, 5.74) is 1.30. The first-order valence-corrected chi connectivity index (χ1v) is 9.68. The zero-order valence-corrected chi connectivity index (χ0v) is 15.7. The Morgan fingerprint density at radius 3 is 2.62 bits per heavy atom. The van der Waals surface area contributed by atoms with Gasteiger partial charge in [-0.2, -0.15) is 0 Å². The second-order valence-electron chi connectivity index (χ2n) is 7.62. The van der Waals surface area contributed by atoms with E-state index in [1.807, 2.05) is 0 Å². The van der Waals surface area contributed by atoms with Gasteiger partial charge in [0.05, 0.1) is 0 Å². The number of hydrogen-bond donors (Lipinski definition) is 2. The third kappa shape index (κ3) is 3.37. The van der Waals surface area contributed by atoms with E-state index < -0.39 is 29.9 Å². The minimum absolute atomic E-state index is 0.172. The maximum absolute atomic E-state index is 12.9. The van der Waals surface area contributed by atoms with Crippen molar-refractivity contribution in [2.24, 2.45) is 0 Å². The van der Waals surface area contributed by atoms with Gasteiger partial charge in [0.25, 0.3) is 11.8 Å². The van der Waals surface area contributed by atoms with Crippen molar-refractivity contribution in [3.63, 3.8) is 0 Å². The number of rotatable bonds is 3. The van der Waals surface area contributed by atoms with E-state index in [4.69, 9.17) is 0 Å². The van der Waals surface area contributed by atoms with Crippen molar-refractivity contribution in [3.8, 4) is 0 Å². The van der Waals surface area contributed by atoms with Crippen LogP contribution in [0.15, 0.2) is 18.2 Å². The summed E-state index contributed by atoms with van der Waals surface area (Å²) in [6.07, 6.45) is 2.34. The number of carboxylic acids is 1. The summed E-state index contributed by atoms with van der Waals surface area (Å²) in [5.74, 6) is -2.64. The number of hydrogen-bond acceptors (Lipinski definition) is 5. The highest BCUT2D eigenvalue weighted by atomic mass is 16.4. The van der Waals surface area contributed by atoms with E-state index in [0.29, 0.717) is 24.1 Å². The number of carboxylic acid groups (broad SMARTS) is 1. The standard InChI is InChI=1S/C20H21N3O6/c24-16-7-6-14(17(25)21-16)23-10-12-5-4-11(9-13(12)19(23)27)18(26)22-8-2-1-3-15(22)20(28)29/h4-5,9,14-15H,1-3,6-8,10H2,(H,28,29)(H,21,24,25)/t14?,15-/m0/s1. The van der Waals surface area contributed by atoms with Gasteiger partial charge in [-0.3, -0.25) is 24.5 Å². The number of amides is 4. The van der Waals surface area contributed by atoms with Crippen molar-refractivity contribution in [3.05, 3.63) is 34.9 Å². The number of carbonyl (C=O) groups excluding carboxylic acids is 4. The predicted octanol–water partition coefficient (Wildman–Crippen LogP) is 0.527. The molecule has 4 amide bonds. The van der Waals surface area contributed by atoms with Gasteiger partial charge in [0.1, 0.15) is 12.1 Å². The van der Waals surface area contributed by atoms with Gasteiger partial charge in [-0.15, -0.1) is 0 Å². The first kappa shape index (κ1) is 19.1. The molecule has 0 spiro atoms. The van der Waals surface area contributed by atoms with E-state index in [0.717, 1.165) is 12.8 Å². The van der Waals surface area contributed by atoms with E-state index in [1.54, 1.807) is 12.1 Å². The molecule has 0 saturated carbocycles. The van der Waals surface area contributed by atoms with Crippen LogP contribution in [0.25, 0.3) is 0 Å². The topological polar surface area (TPSA) is 124 Å². The number of benzene rings is 1. The molecule has 0 radical (unpaired) electrons. The van der Waals surface area contributed by atoms with Crippen LogP contribution in [-0.4, -0.2) is 63.1 Å². The molecule has 1 aromatic carbocycles. The summed E-state index contributed by atoms with van der Waals surface area (Å²) in [7, 11) is 0. The Balaban J connectivity index is 1.56. The molecular weight excluding hydrogens is 378 g/mol. The summed E-state index contributed by atoms with van der Waals surface area (Å²) in [6, 6.07) is 3.17. The second-order valence-corrected chi connectivity index (χ2v) is 7.62. The molecule has 1 aromatic rings. The lowest BCUT2D eigenvalue weighted by molar-refractivity contribution is -0.143. The number of nitrogens with one attached hydrogen (secondary N) is 1. The van der Waals surface area contributed by atoms with Gasteiger partial charge in [-0.25, -0.2) is 4.79 Å². The Bertz CT molecular complexity index is 927. The Morgan fingerprint density at radius 1 is 1.10 bits per heavy atom. The summed E-state index contributed by atoms with van der Waals surface area (Å²) >= 11 is 0. The van der Waals surface area contributed by atoms with Gasteiger partial charge in [-0.05, 0) is 43.4 Å². The van der Waals surface area contributed by atoms with Crippen molar-refractivity contribution in [1.82, 2.24) is 15.1 Å². The molecule has 0 aromatic heterocycles. The zero-order valence-electron chi connectivity index (χ0n) is 15.7. The lowest BCUT2D eigenvalue weighted by Gasteiger charge is -2.33. The Kier molecular flexibility index (Phi) is 4.81. The Morgan fingerprint density at radius 2 is 1.90 bits per heavy atom. The van der Waals surface area contributed by atoms with E-state index in [1.165, 1.54) is 15.9 Å². The fraction of sp³-hybridized carbons (Fsp3) is 0.450. The average molecular weight is 399 g/mol. The Labute approximate surface area is 166 Å². The summed E-state index contributed by atoms with van der Waals surface area (Å²) in [4.78, 5) is 63.6. The van der Waals surface area contributed by atoms with Crippen LogP contribution in [0.3, 0.4) is 0 Å². The molecule has 3 heterocycles. The van der Waals surface area contributed by atoms with Gasteiger partial charge >= 0.3 is 5.97 Å². The van der Waals surface area contributed by atoms with Gasteiger partial charge in [0, 0.05) is 30.6 Å². The second kappa shape index (κ2) is 7.31. The highest BCUT2D eigenvalue weighted by molar-refractivity contribution is 6.06. The molecule has 1 unspecified atom stereocenters. The van der Waals surface area contributed by atoms with Crippen LogP contribution in [0.1, 0.15) is 58.4 Å². The molecule has 4 rings (SSSR count). The number of carbonyl (C=O) groups is 5. The number of likely N-dealkylation sites (tertiary alicyclic amines) is 1. The molecular formula is C20H21N3O6. The molecule has 9 nitrogen and oxygen atoms in total. The number of fused-ring (bicyclic) bond motifs is 1. The lowest BCUT2D eigenvalue weighted by Crippen LogP contribution is -2.52. The molecule has 9 heteroatoms. The van der Waals surface area contributed by atoms with Crippen molar-refractivity contribution >= 4 is 29.6 Å². The normalized spacial score (nSPS) is 24.3. The number of aliphatic carboxylic acids is 1. The molecule has 152 valence electrons. The van der Waals surface area contributed by atoms with E-state index >= 15 is 0 Å². The third-order valence-corrected chi connectivity index (χ3v) is 5.82. The maximum atomic E-state index is 12.9. The molecule has 2 fully saturated rings. The van der Waals surface area contributed by atoms with Crippen LogP contribution in [0.5, 0.6) is 0 Å². The fourth-order valence-corrected chi connectivity index (χ4v) is 4.28. The highest BCUT2D eigenvalue weighted by Crippen LogP contribution is 2.29. The maximum Gasteiger partial charge on any atom is 0.326 e. The largest absolute Gasteiger partial charge is 0.480 e. The average Bonchev–Trinajstić information content (AvgIpc) is 3.03. The van der Waals surface area contributed by atoms with Crippen molar-refractivity contribution in [2.45, 2.75) is 50.7 Å². The quantitative estimate of drug-likeness (QED) is 0.715. The summed E-state index contributed by atoms with van der Waals surface area (Å²) in [5, 5.41) is 11.7. The molecule has 0 bridgehead atoms. The van der Waals surface area contributed by atoms with Gasteiger partial charge in [0.15, 0.2) is 0 Å². The monoisotopic (exact) mass is 399 g/mol. The summed E-state index contributed by atoms with van der Waals surface area (Å²) in [6.45, 7) is 0.597. The van der Waals surface area contributed by atoms with Gasteiger partial charge in [0.2, 0.25) is 11.8 Å². The van der Waals surface area contributed by atoms with Crippen LogP contribution in [0.4, 0.5) is 0 Å². The van der Waals surface area contributed by atoms with Crippen LogP contribution in [0.2, 0.25) is 0 Å². The molecule has 0 aliphatic carbocycles. The SMILES string of the molecule is O=C1CCC(N2Cc3ccc(C(=O)N4CCCC[C@H]4C(=O)O)cc3C2=O)C(=O)N1. The Hall–Kier alpha value is -3.23. The lowest BCUT2D eigenvalue weighted by atomic mass is 9.99. The molecule has 2 N–H and O–H groups in total.